The third-order valence-electron chi connectivity index (χ3n) is 8.33. The quantitative estimate of drug-likeness (QED) is 0.489. The van der Waals surface area contributed by atoms with E-state index in [0.29, 0.717) is 51.4 Å². The van der Waals surface area contributed by atoms with Crippen LogP contribution in [0.15, 0.2) is 49.1 Å². The molecule has 9 nitrogen and oxygen atoms in total. The number of fused-ring (bicyclic) bond motifs is 2. The third kappa shape index (κ3) is 5.11. The van der Waals surface area contributed by atoms with Crippen LogP contribution in [0.4, 0.5) is 11.5 Å². The average Bonchev–Trinajstić information content (AvgIpc) is 3.38. The number of carbonyl (C=O) groups excluding carboxylic acids is 1. The molecule has 1 N–H and O–H groups in total. The highest BCUT2D eigenvalue weighted by molar-refractivity contribution is 5.95. The number of piperazine rings is 1. The minimum Gasteiger partial charge on any atom is -0.508 e. The van der Waals surface area contributed by atoms with E-state index in [4.69, 9.17) is 14.7 Å². The second-order valence-corrected chi connectivity index (χ2v) is 10.7. The smallest absolute Gasteiger partial charge is 0.318 e. The maximum atomic E-state index is 12.1. The van der Waals surface area contributed by atoms with E-state index < -0.39 is 0 Å². The van der Waals surface area contributed by atoms with Crippen LogP contribution < -0.4 is 14.5 Å². The van der Waals surface area contributed by atoms with Gasteiger partial charge in [-0.05, 0) is 50.4 Å². The number of phenolic OH excluding ortho intramolecular Hbond substituents is 1. The lowest BCUT2D eigenvalue weighted by Crippen LogP contribution is -2.49. The molecular formula is C30H36N6O3. The molecule has 0 spiro atoms. The van der Waals surface area contributed by atoms with Crippen molar-refractivity contribution >= 4 is 28.2 Å². The first-order valence-electron chi connectivity index (χ1n) is 13.9. The maximum Gasteiger partial charge on any atom is 0.318 e. The number of hydrogen-bond donors (Lipinski definition) is 1. The lowest BCUT2D eigenvalue weighted by atomic mass is 10.0. The summed E-state index contributed by atoms with van der Waals surface area (Å²) < 4.78 is 6.24. The SMILES string of the molecule is C=CC(=O)N1CCN(c2nc(OC[C@@H]3CCCN3C)nc3c2CCN(c2cc(O)cc4ccccc24)C3)CC1. The fraction of sp³-hybridized carbons (Fsp3) is 0.433. The van der Waals surface area contributed by atoms with Crippen LogP contribution in [-0.4, -0.2) is 89.7 Å². The first-order valence-corrected chi connectivity index (χ1v) is 13.9. The molecule has 2 fully saturated rings. The molecule has 0 radical (unpaired) electrons. The van der Waals surface area contributed by atoms with Crippen molar-refractivity contribution in [1.82, 2.24) is 19.8 Å². The van der Waals surface area contributed by atoms with Gasteiger partial charge in [0.2, 0.25) is 5.91 Å². The molecule has 6 rings (SSSR count). The van der Waals surface area contributed by atoms with Crippen molar-refractivity contribution in [3.63, 3.8) is 0 Å². The van der Waals surface area contributed by atoms with Crippen molar-refractivity contribution in [3.8, 4) is 11.8 Å². The maximum absolute atomic E-state index is 12.1. The highest BCUT2D eigenvalue weighted by atomic mass is 16.5. The number of benzene rings is 2. The van der Waals surface area contributed by atoms with Gasteiger partial charge in [-0.15, -0.1) is 0 Å². The summed E-state index contributed by atoms with van der Waals surface area (Å²) in [6.07, 6.45) is 4.47. The molecule has 0 saturated carbocycles. The summed E-state index contributed by atoms with van der Waals surface area (Å²) >= 11 is 0. The Balaban J connectivity index is 1.31. The van der Waals surface area contributed by atoms with Crippen LogP contribution in [0, 0.1) is 0 Å². The van der Waals surface area contributed by atoms with Crippen LogP contribution in [-0.2, 0) is 17.8 Å². The topological polar surface area (TPSA) is 85.3 Å². The van der Waals surface area contributed by atoms with Crippen molar-refractivity contribution < 1.29 is 14.6 Å². The number of anilines is 2. The van der Waals surface area contributed by atoms with Gasteiger partial charge < -0.3 is 29.4 Å². The Kier molecular flexibility index (Phi) is 6.99. The number of ether oxygens (including phenoxy) is 1. The minimum atomic E-state index is -0.0296. The summed E-state index contributed by atoms with van der Waals surface area (Å²) in [6, 6.07) is 12.6. The van der Waals surface area contributed by atoms with Crippen LogP contribution in [0.5, 0.6) is 11.8 Å². The van der Waals surface area contributed by atoms with E-state index in [1.807, 2.05) is 29.2 Å². The van der Waals surface area contributed by atoms with Crippen LogP contribution in [0.2, 0.25) is 0 Å². The second kappa shape index (κ2) is 10.7. The number of aromatic hydroxyl groups is 1. The number of likely N-dealkylation sites (tertiary alicyclic amines) is 1. The van der Waals surface area contributed by atoms with Gasteiger partial charge in [-0.25, -0.2) is 0 Å². The Hall–Kier alpha value is -3.85. The first-order chi connectivity index (χ1) is 19.0. The number of hydrogen-bond acceptors (Lipinski definition) is 8. The zero-order valence-corrected chi connectivity index (χ0v) is 22.6. The van der Waals surface area contributed by atoms with Crippen molar-refractivity contribution in [2.45, 2.75) is 31.8 Å². The summed E-state index contributed by atoms with van der Waals surface area (Å²) in [5.74, 6) is 1.15. The molecule has 3 aliphatic rings. The number of nitrogens with zero attached hydrogens (tertiary/aromatic N) is 6. The summed E-state index contributed by atoms with van der Waals surface area (Å²) in [4.78, 5) is 30.7. The number of likely N-dealkylation sites (N-methyl/N-ethyl adjacent to an activating group) is 1. The normalized spacial score (nSPS) is 19.8. The number of carbonyl (C=O) groups is 1. The lowest BCUT2D eigenvalue weighted by molar-refractivity contribution is -0.126. The van der Waals surface area contributed by atoms with Crippen LogP contribution in [0.25, 0.3) is 10.8 Å². The van der Waals surface area contributed by atoms with Crippen LogP contribution >= 0.6 is 0 Å². The molecule has 0 bridgehead atoms. The predicted molar refractivity (Wildman–Crippen MR) is 153 cm³/mol. The van der Waals surface area contributed by atoms with Gasteiger partial charge in [0.1, 0.15) is 18.2 Å². The minimum absolute atomic E-state index is 0.0296. The first kappa shape index (κ1) is 25.4. The monoisotopic (exact) mass is 528 g/mol. The van der Waals surface area contributed by atoms with E-state index in [1.165, 1.54) is 12.5 Å². The molecule has 3 aromatic rings. The van der Waals surface area contributed by atoms with Gasteiger partial charge in [-0.3, -0.25) is 4.79 Å². The molecule has 1 amide bonds. The molecular weight excluding hydrogens is 492 g/mol. The highest BCUT2D eigenvalue weighted by Gasteiger charge is 2.30. The lowest BCUT2D eigenvalue weighted by Gasteiger charge is -2.38. The molecule has 3 aliphatic heterocycles. The van der Waals surface area contributed by atoms with Crippen molar-refractivity contribution in [2.75, 3.05) is 62.7 Å². The second-order valence-electron chi connectivity index (χ2n) is 10.7. The number of rotatable bonds is 6. The summed E-state index contributed by atoms with van der Waals surface area (Å²) in [7, 11) is 2.14. The summed E-state index contributed by atoms with van der Waals surface area (Å²) in [5.41, 5.74) is 3.10. The van der Waals surface area contributed by atoms with Gasteiger partial charge in [0.15, 0.2) is 0 Å². The van der Waals surface area contributed by atoms with E-state index in [9.17, 15) is 9.90 Å². The Bertz CT molecular complexity index is 1390. The Morgan fingerprint density at radius 1 is 1.10 bits per heavy atom. The summed E-state index contributed by atoms with van der Waals surface area (Å²) in [5, 5.41) is 12.6. The largest absolute Gasteiger partial charge is 0.508 e. The van der Waals surface area contributed by atoms with Gasteiger partial charge in [0.05, 0.1) is 12.2 Å². The molecule has 1 atom stereocenters. The molecule has 4 heterocycles. The predicted octanol–water partition coefficient (Wildman–Crippen LogP) is 3.21. The van der Waals surface area contributed by atoms with Crippen LogP contribution in [0.1, 0.15) is 24.1 Å². The van der Waals surface area contributed by atoms with E-state index in [1.54, 1.807) is 6.07 Å². The Labute approximate surface area is 229 Å². The molecule has 2 saturated heterocycles. The molecule has 1 aromatic heterocycles. The zero-order valence-electron chi connectivity index (χ0n) is 22.6. The summed E-state index contributed by atoms with van der Waals surface area (Å²) in [6.45, 7) is 9.35. The Morgan fingerprint density at radius 3 is 2.69 bits per heavy atom. The van der Waals surface area contributed by atoms with Gasteiger partial charge in [-0.2, -0.15) is 9.97 Å². The molecule has 2 aromatic carbocycles. The van der Waals surface area contributed by atoms with Gasteiger partial charge in [-0.1, -0.05) is 30.8 Å². The van der Waals surface area contributed by atoms with E-state index in [-0.39, 0.29) is 11.7 Å². The van der Waals surface area contributed by atoms with Gasteiger partial charge >= 0.3 is 6.01 Å². The third-order valence-corrected chi connectivity index (χ3v) is 8.33. The molecule has 0 unspecified atom stereocenters. The fourth-order valence-electron chi connectivity index (χ4n) is 6.09. The molecule has 39 heavy (non-hydrogen) atoms. The Morgan fingerprint density at radius 2 is 1.92 bits per heavy atom. The van der Waals surface area contributed by atoms with Gasteiger partial charge in [0, 0.05) is 61.5 Å². The zero-order chi connectivity index (χ0) is 26.9. The van der Waals surface area contributed by atoms with E-state index >= 15 is 0 Å². The molecule has 204 valence electrons. The standard InChI is InChI=1S/C30H36N6O3/c1-3-28(38)34-13-15-35(16-14-34)29-25-10-12-36(27-18-23(37)17-21-7-4-5-9-24(21)27)19-26(25)31-30(32-29)39-20-22-8-6-11-33(22)2/h3-5,7,9,17-18,22,37H,1,6,8,10-16,19-20H2,2H3/t22-/m0/s1. The van der Waals surface area contributed by atoms with Crippen LogP contribution in [0.3, 0.4) is 0 Å². The van der Waals surface area contributed by atoms with Crippen molar-refractivity contribution in [1.29, 1.82) is 0 Å². The van der Waals surface area contributed by atoms with E-state index in [0.717, 1.165) is 59.5 Å². The van der Waals surface area contributed by atoms with Gasteiger partial charge in [0.25, 0.3) is 0 Å². The van der Waals surface area contributed by atoms with Crippen molar-refractivity contribution in [2.24, 2.45) is 0 Å². The number of amides is 1. The number of aromatic nitrogens is 2. The fourth-order valence-corrected chi connectivity index (χ4v) is 6.09. The molecule has 0 aliphatic carbocycles. The number of phenols is 1. The average molecular weight is 529 g/mol. The highest BCUT2D eigenvalue weighted by Crippen LogP contribution is 2.36. The molecule has 9 heteroatoms. The van der Waals surface area contributed by atoms with Crippen molar-refractivity contribution in [3.05, 3.63) is 60.3 Å². The van der Waals surface area contributed by atoms with E-state index in [2.05, 4.69) is 34.4 Å².